The molecule has 0 aliphatic carbocycles. The van der Waals surface area contributed by atoms with Gasteiger partial charge in [0.25, 0.3) is 5.91 Å². The van der Waals surface area contributed by atoms with Crippen molar-refractivity contribution in [2.75, 3.05) is 31.9 Å². The average Bonchev–Trinajstić information content (AvgIpc) is 2.85. The van der Waals surface area contributed by atoms with Gasteiger partial charge in [0.1, 0.15) is 0 Å². The molecule has 2 atom stereocenters. The van der Waals surface area contributed by atoms with Crippen LogP contribution < -0.4 is 20.1 Å². The van der Waals surface area contributed by atoms with E-state index in [2.05, 4.69) is 10.6 Å². The number of rotatable bonds is 6. The second-order valence-electron chi connectivity index (χ2n) is 8.29. The van der Waals surface area contributed by atoms with Crippen molar-refractivity contribution in [1.82, 2.24) is 4.90 Å². The van der Waals surface area contributed by atoms with Crippen LogP contribution in [0.1, 0.15) is 40.4 Å². The second-order valence-corrected chi connectivity index (χ2v) is 8.29. The largest absolute Gasteiger partial charge is 0.493 e. The number of hydrogen-bond acceptors (Lipinski definition) is 5. The van der Waals surface area contributed by atoms with Crippen molar-refractivity contribution in [3.05, 3.63) is 83.4 Å². The number of amides is 3. The van der Waals surface area contributed by atoms with Crippen molar-refractivity contribution < 1.29 is 23.9 Å². The van der Waals surface area contributed by atoms with Crippen LogP contribution in [0, 0.1) is 0 Å². The molecule has 0 saturated carbocycles. The van der Waals surface area contributed by atoms with Crippen LogP contribution in [0.4, 0.5) is 11.4 Å². The summed E-state index contributed by atoms with van der Waals surface area (Å²) in [5.41, 5.74) is 2.97. The second kappa shape index (κ2) is 9.89. The number of methoxy groups -OCH3 is 2. The Labute approximate surface area is 203 Å². The van der Waals surface area contributed by atoms with E-state index in [4.69, 9.17) is 9.47 Å². The lowest BCUT2D eigenvalue weighted by molar-refractivity contribution is -0.119. The first kappa shape index (κ1) is 23.8. The quantitative estimate of drug-likeness (QED) is 0.559. The molecule has 4 rings (SSSR count). The number of nitrogens with one attached hydrogen (secondary N) is 2. The molecular weight excluding hydrogens is 446 g/mol. The third-order valence-corrected chi connectivity index (χ3v) is 6.06. The molecule has 0 spiro atoms. The molecule has 3 amide bonds. The summed E-state index contributed by atoms with van der Waals surface area (Å²) in [6.45, 7) is 1.42. The Morgan fingerprint density at radius 2 is 1.54 bits per heavy atom. The Kier molecular flexibility index (Phi) is 6.73. The molecule has 8 nitrogen and oxygen atoms in total. The summed E-state index contributed by atoms with van der Waals surface area (Å²) in [6.07, 6.45) is 0. The molecule has 0 aromatic heterocycles. The Balaban J connectivity index is 1.78. The SMILES string of the molecule is COc1ccc([C@@H]2[C@@H](C(=O)Nc3cccc(NC(C)=O)c3)c3ccccc3C(=O)N2C)cc1OC. The van der Waals surface area contributed by atoms with Crippen LogP contribution in [0.15, 0.2) is 66.7 Å². The van der Waals surface area contributed by atoms with Gasteiger partial charge in [-0.15, -0.1) is 0 Å². The van der Waals surface area contributed by atoms with Gasteiger partial charge in [-0.25, -0.2) is 0 Å². The van der Waals surface area contributed by atoms with Gasteiger partial charge in [0, 0.05) is 30.9 Å². The smallest absolute Gasteiger partial charge is 0.254 e. The first-order chi connectivity index (χ1) is 16.8. The van der Waals surface area contributed by atoms with E-state index in [1.807, 2.05) is 18.2 Å². The highest BCUT2D eigenvalue weighted by molar-refractivity contribution is 6.04. The number of carbonyl (C=O) groups is 3. The zero-order valence-electron chi connectivity index (χ0n) is 20.0. The van der Waals surface area contributed by atoms with Gasteiger partial charge in [0.2, 0.25) is 11.8 Å². The van der Waals surface area contributed by atoms with Gasteiger partial charge in [-0.3, -0.25) is 14.4 Å². The Bertz CT molecular complexity index is 1290. The average molecular weight is 474 g/mol. The van der Waals surface area contributed by atoms with Crippen LogP contribution in [0.2, 0.25) is 0 Å². The number of nitrogens with zero attached hydrogens (tertiary/aromatic N) is 1. The van der Waals surface area contributed by atoms with Crippen LogP contribution in [-0.2, 0) is 9.59 Å². The number of fused-ring (bicyclic) bond motifs is 1. The molecule has 3 aromatic rings. The lowest BCUT2D eigenvalue weighted by atomic mass is 9.79. The fraction of sp³-hybridized carbons (Fsp3) is 0.222. The van der Waals surface area contributed by atoms with Gasteiger partial charge in [-0.1, -0.05) is 30.3 Å². The van der Waals surface area contributed by atoms with Crippen LogP contribution in [0.3, 0.4) is 0 Å². The number of likely N-dealkylation sites (N-methyl/N-ethyl adjacent to an activating group) is 1. The highest BCUT2D eigenvalue weighted by Gasteiger charge is 2.42. The molecule has 2 N–H and O–H groups in total. The molecule has 0 fully saturated rings. The van der Waals surface area contributed by atoms with E-state index in [1.165, 1.54) is 6.92 Å². The number of benzene rings is 3. The van der Waals surface area contributed by atoms with Crippen molar-refractivity contribution in [1.29, 1.82) is 0 Å². The standard InChI is InChI=1S/C27H27N3O5/c1-16(31)28-18-8-7-9-19(15-18)29-26(32)24-20-10-5-6-11-21(20)27(33)30(2)25(24)17-12-13-22(34-3)23(14-17)35-4/h5-15,24-25H,1-4H3,(H,28,31)(H,29,32)/t24-,25+/m0/s1. The first-order valence-electron chi connectivity index (χ1n) is 11.1. The number of carbonyl (C=O) groups excluding carboxylic acids is 3. The maximum Gasteiger partial charge on any atom is 0.254 e. The lowest BCUT2D eigenvalue weighted by Crippen LogP contribution is -2.44. The molecule has 0 unspecified atom stereocenters. The molecule has 180 valence electrons. The Morgan fingerprint density at radius 3 is 2.23 bits per heavy atom. The normalized spacial score (nSPS) is 16.8. The molecule has 0 saturated heterocycles. The van der Waals surface area contributed by atoms with Crippen LogP contribution >= 0.6 is 0 Å². The van der Waals surface area contributed by atoms with Gasteiger partial charge >= 0.3 is 0 Å². The topological polar surface area (TPSA) is 97.0 Å². The molecule has 1 heterocycles. The lowest BCUT2D eigenvalue weighted by Gasteiger charge is -2.40. The van der Waals surface area contributed by atoms with Crippen molar-refractivity contribution >= 4 is 29.1 Å². The highest BCUT2D eigenvalue weighted by Crippen LogP contribution is 2.44. The predicted molar refractivity (Wildman–Crippen MR) is 133 cm³/mol. The predicted octanol–water partition coefficient (Wildman–Crippen LogP) is 4.21. The first-order valence-corrected chi connectivity index (χ1v) is 11.1. The number of anilines is 2. The monoisotopic (exact) mass is 473 g/mol. The number of ether oxygens (including phenoxy) is 2. The maximum absolute atomic E-state index is 13.8. The molecule has 35 heavy (non-hydrogen) atoms. The minimum Gasteiger partial charge on any atom is -0.493 e. The summed E-state index contributed by atoms with van der Waals surface area (Å²) in [5.74, 6) is -0.294. The molecule has 0 radical (unpaired) electrons. The zero-order chi connectivity index (χ0) is 25.1. The number of hydrogen-bond donors (Lipinski definition) is 2. The summed E-state index contributed by atoms with van der Waals surface area (Å²) in [6, 6.07) is 18.9. The highest BCUT2D eigenvalue weighted by atomic mass is 16.5. The van der Waals surface area contributed by atoms with Crippen LogP contribution in [0.25, 0.3) is 0 Å². The van der Waals surface area contributed by atoms with E-state index in [-0.39, 0.29) is 17.7 Å². The summed E-state index contributed by atoms with van der Waals surface area (Å²) >= 11 is 0. The third kappa shape index (κ3) is 4.68. The molecule has 0 bridgehead atoms. The fourth-order valence-electron chi connectivity index (χ4n) is 4.51. The summed E-state index contributed by atoms with van der Waals surface area (Å²) in [7, 11) is 4.78. The fourth-order valence-corrected chi connectivity index (χ4v) is 4.51. The molecule has 1 aliphatic rings. The molecule has 8 heteroatoms. The van der Waals surface area contributed by atoms with Crippen LogP contribution in [-0.4, -0.2) is 43.9 Å². The van der Waals surface area contributed by atoms with Gasteiger partial charge < -0.3 is 25.0 Å². The third-order valence-electron chi connectivity index (χ3n) is 6.06. The summed E-state index contributed by atoms with van der Waals surface area (Å²) < 4.78 is 10.8. The van der Waals surface area contributed by atoms with Crippen molar-refractivity contribution in [2.45, 2.75) is 18.9 Å². The Morgan fingerprint density at radius 1 is 0.857 bits per heavy atom. The van der Waals surface area contributed by atoms with Crippen molar-refractivity contribution in [3.8, 4) is 11.5 Å². The molecule has 1 aliphatic heterocycles. The van der Waals surface area contributed by atoms with Gasteiger partial charge in [-0.2, -0.15) is 0 Å². The van der Waals surface area contributed by atoms with E-state index in [0.29, 0.717) is 34.0 Å². The zero-order valence-corrected chi connectivity index (χ0v) is 20.0. The van der Waals surface area contributed by atoms with Gasteiger partial charge in [0.15, 0.2) is 11.5 Å². The minimum absolute atomic E-state index is 0.169. The Hall–Kier alpha value is -4.33. The van der Waals surface area contributed by atoms with Crippen LogP contribution in [0.5, 0.6) is 11.5 Å². The van der Waals surface area contributed by atoms with Gasteiger partial charge in [0.05, 0.1) is 26.2 Å². The maximum atomic E-state index is 13.8. The minimum atomic E-state index is -0.698. The van der Waals surface area contributed by atoms with Crippen molar-refractivity contribution in [2.24, 2.45) is 0 Å². The van der Waals surface area contributed by atoms with E-state index in [0.717, 1.165) is 5.56 Å². The van der Waals surface area contributed by atoms with E-state index in [9.17, 15) is 14.4 Å². The summed E-state index contributed by atoms with van der Waals surface area (Å²) in [5, 5.41) is 5.68. The molecule has 3 aromatic carbocycles. The van der Waals surface area contributed by atoms with E-state index >= 15 is 0 Å². The summed E-state index contributed by atoms with van der Waals surface area (Å²) in [4.78, 5) is 40.1. The van der Waals surface area contributed by atoms with Gasteiger partial charge in [-0.05, 0) is 47.5 Å². The van der Waals surface area contributed by atoms with E-state index in [1.54, 1.807) is 74.7 Å². The van der Waals surface area contributed by atoms with Crippen molar-refractivity contribution in [3.63, 3.8) is 0 Å². The van der Waals surface area contributed by atoms with E-state index < -0.39 is 12.0 Å². The molecular formula is C27H27N3O5.